The molecule has 0 fully saturated rings. The van der Waals surface area contributed by atoms with Crippen molar-refractivity contribution < 1.29 is 7.42 Å². The summed E-state index contributed by atoms with van der Waals surface area (Å²) in [5.74, 6) is 0. The van der Waals surface area contributed by atoms with E-state index in [0.717, 1.165) is 0 Å². The maximum absolute atomic E-state index is 11.4. The van der Waals surface area contributed by atoms with E-state index < -0.39 is 48.1 Å². The molecule has 10 heteroatoms. The molecule has 0 aliphatic carbocycles. The van der Waals surface area contributed by atoms with Crippen LogP contribution in [0.2, 0.25) is 78.6 Å². The van der Waals surface area contributed by atoms with Gasteiger partial charge in [-0.15, -0.1) is 0 Å². The first-order valence-electron chi connectivity index (χ1n) is 7.88. The Bertz CT molecular complexity index is 329. The third-order valence-electron chi connectivity index (χ3n) is 3.17. The van der Waals surface area contributed by atoms with E-state index in [1.54, 1.807) is 0 Å². The van der Waals surface area contributed by atoms with E-state index in [1.807, 2.05) is 0 Å². The summed E-state index contributed by atoms with van der Waals surface area (Å²) in [6.45, 7) is 28.9. The molecule has 0 aromatic heterocycles. The Hall–Kier alpha value is 1.31. The zero-order valence-corrected chi connectivity index (χ0v) is 23.5. The molecule has 0 aliphatic rings. The molecule has 0 saturated carbocycles. The molecule has 0 atom stereocenters. The van der Waals surface area contributed by atoms with Crippen LogP contribution in [0.25, 0.3) is 0 Å². The van der Waals surface area contributed by atoms with Gasteiger partial charge < -0.3 is 0 Å². The van der Waals surface area contributed by atoms with Crippen molar-refractivity contribution in [3.63, 3.8) is 0 Å². The van der Waals surface area contributed by atoms with Crippen LogP contribution in [0.5, 0.6) is 0 Å². The van der Waals surface area contributed by atoms with Crippen LogP contribution < -0.4 is 0 Å². The summed E-state index contributed by atoms with van der Waals surface area (Å²) in [6, 6.07) is 0. The van der Waals surface area contributed by atoms with Gasteiger partial charge in [-0.2, -0.15) is 0 Å². The van der Waals surface area contributed by atoms with Gasteiger partial charge in [0.2, 0.25) is 0 Å². The first kappa shape index (κ1) is 23.3. The van der Waals surface area contributed by atoms with E-state index >= 15 is 0 Å². The van der Waals surface area contributed by atoms with Gasteiger partial charge in [0.05, 0.1) is 0 Å². The van der Waals surface area contributed by atoms with Crippen molar-refractivity contribution in [2.75, 3.05) is 0 Å². The van der Waals surface area contributed by atoms with Crippen LogP contribution in [0, 0.1) is 0 Å². The molecular weight excluding hydrogens is 421 g/mol. The Balaban J connectivity index is 6.20. The van der Waals surface area contributed by atoms with Crippen LogP contribution in [0.1, 0.15) is 0 Å². The molecular formula is C12H36GeN2O2SSi4+. The number of hydrogen-bond acceptors (Lipinski definition) is 4. The van der Waals surface area contributed by atoms with Crippen LogP contribution in [0.3, 0.4) is 0 Å². The van der Waals surface area contributed by atoms with Crippen LogP contribution in [-0.2, 0) is 19.4 Å². The fourth-order valence-electron chi connectivity index (χ4n) is 3.37. The van der Waals surface area contributed by atoms with Crippen molar-refractivity contribution in [3.8, 4) is 0 Å². The molecule has 0 saturated heterocycles. The zero-order chi connectivity index (χ0) is 18.1. The normalized spacial score (nSPS) is 15.0. The molecule has 0 N–H and O–H groups in total. The zero-order valence-electron chi connectivity index (χ0n) is 16.6. The van der Waals surface area contributed by atoms with Crippen LogP contribution in [-0.4, -0.2) is 54.4 Å². The third-order valence-corrected chi connectivity index (χ3v) is 40.6. The predicted molar refractivity (Wildman–Crippen MR) is 112 cm³/mol. The molecule has 0 heterocycles. The van der Waals surface area contributed by atoms with Gasteiger partial charge in [0.25, 0.3) is 0 Å². The van der Waals surface area contributed by atoms with Crippen molar-refractivity contribution in [3.05, 3.63) is 0 Å². The summed E-state index contributed by atoms with van der Waals surface area (Å²) in [7, 11) is -6.19. The van der Waals surface area contributed by atoms with Crippen molar-refractivity contribution in [1.82, 2.24) is 6.38 Å². The molecule has 22 heavy (non-hydrogen) atoms. The molecule has 4 nitrogen and oxygen atoms in total. The van der Waals surface area contributed by atoms with Gasteiger partial charge in [-0.1, -0.05) is 0 Å². The number of nitrogens with zero attached hydrogens (tertiary/aromatic N) is 2. The van der Waals surface area contributed by atoms with Gasteiger partial charge in [0, 0.05) is 0 Å². The minimum absolute atomic E-state index is 0.360. The number of hydrogen-bond donors (Lipinski definition) is 0. The first-order chi connectivity index (χ1) is 9.44. The van der Waals surface area contributed by atoms with E-state index in [1.165, 1.54) is 0 Å². The van der Waals surface area contributed by atoms with E-state index in [-0.39, 0.29) is 0 Å². The molecule has 0 amide bonds. The topological polar surface area (TPSA) is 32.8 Å². The Morgan fingerprint density at radius 3 is 1.00 bits per heavy atom. The maximum atomic E-state index is 11.4. The van der Waals surface area contributed by atoms with Gasteiger partial charge in [-0.05, 0) is 0 Å². The van der Waals surface area contributed by atoms with Gasteiger partial charge in [-0.25, -0.2) is 0 Å². The second-order valence-electron chi connectivity index (χ2n) is 9.79. The molecule has 0 spiro atoms. The molecule has 0 bridgehead atoms. The quantitative estimate of drug-likeness (QED) is 0.310. The standard InChI is InChI=1S/C12H36GeN2O2SSi4/c1-19(2,3)14(20(4,5)6)13(17-18-16)15(21(7,8)9)22(10,11)12/h1-12H3/q+1. The van der Waals surface area contributed by atoms with Crippen molar-refractivity contribution >= 4 is 60.0 Å². The summed E-state index contributed by atoms with van der Waals surface area (Å²) < 4.78 is 23.0. The third kappa shape index (κ3) is 6.67. The van der Waals surface area contributed by atoms with E-state index in [9.17, 15) is 4.21 Å². The Morgan fingerprint density at radius 1 is 0.636 bits per heavy atom. The van der Waals surface area contributed by atoms with Gasteiger partial charge in [-0.3, -0.25) is 0 Å². The molecule has 0 unspecified atom stereocenters. The minimum atomic E-state index is -2.25. The van der Waals surface area contributed by atoms with Crippen LogP contribution in [0.15, 0.2) is 0 Å². The molecule has 0 aromatic carbocycles. The van der Waals surface area contributed by atoms with E-state index in [0.29, 0.717) is 11.9 Å². The fraction of sp³-hybridized carbons (Fsp3) is 1.00. The molecule has 0 rings (SSSR count). The number of rotatable bonds is 8. The van der Waals surface area contributed by atoms with Crippen LogP contribution >= 0.6 is 0 Å². The van der Waals surface area contributed by atoms with Gasteiger partial charge in [0.15, 0.2) is 0 Å². The van der Waals surface area contributed by atoms with Gasteiger partial charge >= 0.3 is 152 Å². The molecule has 0 aliphatic heterocycles. The Morgan fingerprint density at radius 2 is 0.864 bits per heavy atom. The van der Waals surface area contributed by atoms with Crippen molar-refractivity contribution in [1.29, 1.82) is 0 Å². The Labute approximate surface area is 151 Å². The predicted octanol–water partition coefficient (Wildman–Crippen LogP) is 4.27. The summed E-state index contributed by atoms with van der Waals surface area (Å²) in [6.07, 6.45) is 0. The summed E-state index contributed by atoms with van der Waals surface area (Å²) >= 11 is -1.89. The molecule has 0 aromatic rings. The van der Waals surface area contributed by atoms with E-state index in [4.69, 9.17) is 3.21 Å². The summed E-state index contributed by atoms with van der Waals surface area (Å²) in [5, 5.41) is 0. The monoisotopic (exact) mass is 458 g/mol. The summed E-state index contributed by atoms with van der Waals surface area (Å²) in [5.41, 5.74) is 0. The second kappa shape index (κ2) is 7.68. The fourth-order valence-corrected chi connectivity index (χ4v) is 44.6. The average molecular weight is 457 g/mol. The van der Waals surface area contributed by atoms with E-state index in [2.05, 4.69) is 84.9 Å². The van der Waals surface area contributed by atoms with Crippen LogP contribution in [0.4, 0.5) is 0 Å². The molecule has 1 radical (unpaired) electrons. The summed E-state index contributed by atoms with van der Waals surface area (Å²) in [4.78, 5) is 0. The van der Waals surface area contributed by atoms with Crippen molar-refractivity contribution in [2.45, 2.75) is 78.6 Å². The second-order valence-corrected chi connectivity index (χ2v) is 38.0. The SMILES string of the molecule is C[Si](C)(C)[N]([Ge]([O][S+]=O)[N]([Si](C)(C)C)[Si](C)(C)C)[Si](C)(C)C. The molecule has 131 valence electrons. The Kier molecular flexibility index (Phi) is 8.14. The first-order valence-corrected chi connectivity index (χ1v) is 25.1. The van der Waals surface area contributed by atoms with Gasteiger partial charge in [0.1, 0.15) is 0 Å². The van der Waals surface area contributed by atoms with Crippen molar-refractivity contribution in [2.24, 2.45) is 0 Å². The average Bonchev–Trinajstić information content (AvgIpc) is 2.06.